The minimum absolute atomic E-state index is 0.311. The van der Waals surface area contributed by atoms with Crippen LogP contribution in [0.2, 0.25) is 0 Å². The van der Waals surface area contributed by atoms with Crippen LogP contribution in [0.1, 0.15) is 19.8 Å². The van der Waals surface area contributed by atoms with E-state index in [0.717, 1.165) is 6.08 Å². The molecule has 2 bridgehead atoms. The van der Waals surface area contributed by atoms with Gasteiger partial charge < -0.3 is 14.2 Å². The first kappa shape index (κ1) is 15.9. The maximum atomic E-state index is 11.5. The zero-order valence-electron chi connectivity index (χ0n) is 11.4. The Balaban J connectivity index is 1.83. The largest absolute Gasteiger partial charge is 0.457 e. The van der Waals surface area contributed by atoms with Crippen LogP contribution >= 0.6 is 0 Å². The molecular formula is C12H16O8S. The Bertz CT molecular complexity index is 519. The second-order valence-corrected chi connectivity index (χ2v) is 5.70. The highest BCUT2D eigenvalue weighted by Gasteiger charge is 2.57. The van der Waals surface area contributed by atoms with Gasteiger partial charge in [-0.3, -0.25) is 4.18 Å². The fraction of sp³-hybridized carbons (Fsp3) is 0.667. The van der Waals surface area contributed by atoms with Gasteiger partial charge >= 0.3 is 11.9 Å². The van der Waals surface area contributed by atoms with Crippen molar-refractivity contribution in [2.75, 3.05) is 6.61 Å². The summed E-state index contributed by atoms with van der Waals surface area (Å²) >= 11 is 0. The molecule has 8 nitrogen and oxygen atoms in total. The lowest BCUT2D eigenvalue weighted by atomic mass is 9.85. The van der Waals surface area contributed by atoms with Gasteiger partial charge in [-0.1, -0.05) is 6.58 Å². The molecule has 0 spiro atoms. The first-order valence-corrected chi connectivity index (χ1v) is 7.41. The minimum atomic E-state index is -2.97. The summed E-state index contributed by atoms with van der Waals surface area (Å²) < 4.78 is 41.5. The van der Waals surface area contributed by atoms with Crippen LogP contribution in [0.4, 0.5) is 0 Å². The first-order valence-electron chi connectivity index (χ1n) is 6.31. The van der Waals surface area contributed by atoms with Crippen molar-refractivity contribution in [1.29, 1.82) is 0 Å². The predicted molar refractivity (Wildman–Crippen MR) is 68.7 cm³/mol. The lowest BCUT2D eigenvalue weighted by molar-refractivity contribution is -0.162. The van der Waals surface area contributed by atoms with E-state index in [2.05, 4.69) is 11.3 Å². The first-order chi connectivity index (χ1) is 9.84. The topological polar surface area (TPSA) is 105 Å². The molecule has 0 radical (unpaired) electrons. The molecule has 0 saturated carbocycles. The summed E-state index contributed by atoms with van der Waals surface area (Å²) in [6.07, 6.45) is 0.224. The Morgan fingerprint density at radius 2 is 2.19 bits per heavy atom. The van der Waals surface area contributed by atoms with Crippen LogP contribution in [0.5, 0.6) is 0 Å². The Morgan fingerprint density at radius 1 is 1.48 bits per heavy atom. The van der Waals surface area contributed by atoms with Crippen molar-refractivity contribution in [3.05, 3.63) is 12.7 Å². The van der Waals surface area contributed by atoms with Crippen molar-refractivity contribution < 1.29 is 36.4 Å². The molecule has 0 amide bonds. The van der Waals surface area contributed by atoms with E-state index in [4.69, 9.17) is 13.7 Å². The van der Waals surface area contributed by atoms with Gasteiger partial charge in [0.05, 0.1) is 12.2 Å². The van der Waals surface area contributed by atoms with Gasteiger partial charge in [0.15, 0.2) is 6.61 Å². The van der Waals surface area contributed by atoms with Gasteiger partial charge in [-0.25, -0.2) is 18.0 Å². The maximum Gasteiger partial charge on any atom is 0.344 e. The summed E-state index contributed by atoms with van der Waals surface area (Å²) in [6.45, 7) is 4.35. The van der Waals surface area contributed by atoms with Crippen molar-refractivity contribution in [2.24, 2.45) is 0 Å². The van der Waals surface area contributed by atoms with Gasteiger partial charge in [-0.2, -0.15) is 0 Å². The van der Waals surface area contributed by atoms with E-state index in [9.17, 15) is 18.0 Å². The van der Waals surface area contributed by atoms with Gasteiger partial charge in [-0.15, -0.1) is 0 Å². The normalized spacial score (nSPS) is 33.9. The molecule has 0 aliphatic carbocycles. The lowest BCUT2D eigenvalue weighted by Gasteiger charge is -2.31. The summed E-state index contributed by atoms with van der Waals surface area (Å²) in [5.74, 6) is -1.40. The van der Waals surface area contributed by atoms with Gasteiger partial charge in [0, 0.05) is 18.9 Å². The van der Waals surface area contributed by atoms with Crippen LogP contribution in [-0.4, -0.2) is 50.9 Å². The summed E-state index contributed by atoms with van der Waals surface area (Å²) in [7, 11) is -2.97. The van der Waals surface area contributed by atoms with Gasteiger partial charge in [0.1, 0.15) is 11.7 Å². The Hall–Kier alpha value is -1.45. The van der Waals surface area contributed by atoms with Crippen molar-refractivity contribution in [1.82, 2.24) is 0 Å². The molecule has 4 unspecified atom stereocenters. The fourth-order valence-electron chi connectivity index (χ4n) is 2.60. The van der Waals surface area contributed by atoms with Crippen molar-refractivity contribution >= 4 is 22.9 Å². The molecule has 4 atom stereocenters. The summed E-state index contributed by atoms with van der Waals surface area (Å²) in [5.41, 5.74) is -0.919. The number of thiol groups is 1. The number of carbonyl (C=O) groups excluding carboxylic acids is 2. The molecule has 2 saturated heterocycles. The summed E-state index contributed by atoms with van der Waals surface area (Å²) in [5, 5.41) is 0. The molecule has 21 heavy (non-hydrogen) atoms. The Kier molecular flexibility index (Phi) is 4.64. The zero-order valence-corrected chi connectivity index (χ0v) is 12.2. The second kappa shape index (κ2) is 6.12. The van der Waals surface area contributed by atoms with E-state index in [0.29, 0.717) is 12.8 Å². The van der Waals surface area contributed by atoms with Crippen LogP contribution in [0.25, 0.3) is 0 Å². The van der Waals surface area contributed by atoms with Gasteiger partial charge in [-0.05, 0) is 6.92 Å². The zero-order chi connectivity index (χ0) is 15.6. The maximum absolute atomic E-state index is 11.5. The van der Waals surface area contributed by atoms with Crippen molar-refractivity contribution in [3.8, 4) is 0 Å². The fourth-order valence-corrected chi connectivity index (χ4v) is 3.14. The molecule has 0 aromatic rings. The molecule has 9 heteroatoms. The molecular weight excluding hydrogens is 304 g/mol. The third-order valence-corrected chi connectivity index (χ3v) is 4.12. The van der Waals surface area contributed by atoms with Crippen LogP contribution in [0.15, 0.2) is 12.7 Å². The smallest absolute Gasteiger partial charge is 0.344 e. The van der Waals surface area contributed by atoms with Crippen LogP contribution in [-0.2, 0) is 39.0 Å². The average molecular weight is 320 g/mol. The second-order valence-electron chi connectivity index (χ2n) is 5.07. The quantitative estimate of drug-likeness (QED) is 0.396. The number of esters is 2. The molecule has 2 fully saturated rings. The highest BCUT2D eigenvalue weighted by atomic mass is 32.2. The summed E-state index contributed by atoms with van der Waals surface area (Å²) in [6, 6.07) is 0. The van der Waals surface area contributed by atoms with E-state index in [1.54, 1.807) is 6.92 Å². The molecule has 2 heterocycles. The number of hydrogen-bond acceptors (Lipinski definition) is 8. The van der Waals surface area contributed by atoms with Crippen LogP contribution in [0.3, 0.4) is 0 Å². The SMILES string of the molecule is C=CC(=O)OCC(=O)OC1CC2OC1CC2(C)O[SH](=O)=O. The van der Waals surface area contributed by atoms with E-state index in [1.807, 2.05) is 0 Å². The lowest BCUT2D eigenvalue weighted by Crippen LogP contribution is -2.44. The molecule has 118 valence electrons. The molecule has 0 aromatic carbocycles. The molecule has 2 aliphatic rings. The van der Waals surface area contributed by atoms with Gasteiger partial charge in [0.25, 0.3) is 11.0 Å². The number of ether oxygens (including phenoxy) is 3. The average Bonchev–Trinajstić information content (AvgIpc) is 2.91. The van der Waals surface area contributed by atoms with Crippen LogP contribution < -0.4 is 0 Å². The van der Waals surface area contributed by atoms with E-state index < -0.39 is 53.4 Å². The number of fused-ring (bicyclic) bond motifs is 2. The number of carbonyl (C=O) groups is 2. The Labute approximate surface area is 123 Å². The van der Waals surface area contributed by atoms with E-state index in [-0.39, 0.29) is 0 Å². The van der Waals surface area contributed by atoms with E-state index in [1.165, 1.54) is 0 Å². The highest BCUT2D eigenvalue weighted by Crippen LogP contribution is 2.45. The Morgan fingerprint density at radius 3 is 2.71 bits per heavy atom. The monoisotopic (exact) mass is 320 g/mol. The van der Waals surface area contributed by atoms with Gasteiger partial charge in [0.2, 0.25) is 0 Å². The molecule has 0 aromatic heterocycles. The number of hydrogen-bond donors (Lipinski definition) is 1. The predicted octanol–water partition coefficient (Wildman–Crippen LogP) is -0.510. The number of rotatable bonds is 6. The van der Waals surface area contributed by atoms with Crippen molar-refractivity contribution in [3.63, 3.8) is 0 Å². The standard InChI is InChI=1S/C12H16O8S/c1-3-10(13)17-6-11(14)19-7-4-9-12(2,20-21(15)16)5-8(7)18-9/h3,7-9,21H,1,4-6H2,2H3. The van der Waals surface area contributed by atoms with E-state index >= 15 is 0 Å². The van der Waals surface area contributed by atoms with Crippen molar-refractivity contribution in [2.45, 2.75) is 43.7 Å². The highest BCUT2D eigenvalue weighted by molar-refractivity contribution is 7.67. The molecule has 2 aliphatic heterocycles. The molecule has 2 rings (SSSR count). The third-order valence-electron chi connectivity index (χ3n) is 3.55. The third kappa shape index (κ3) is 3.60. The summed E-state index contributed by atoms with van der Waals surface area (Å²) in [4.78, 5) is 22.3. The van der Waals surface area contributed by atoms with Crippen LogP contribution in [0, 0.1) is 0 Å². The minimum Gasteiger partial charge on any atom is -0.457 e. The molecule has 0 N–H and O–H groups in total.